The van der Waals surface area contributed by atoms with Gasteiger partial charge >= 0.3 is 5.97 Å². The van der Waals surface area contributed by atoms with Gasteiger partial charge in [-0.15, -0.1) is 11.3 Å². The molecule has 0 saturated carbocycles. The number of hydrogen-bond donors (Lipinski definition) is 2. The first kappa shape index (κ1) is 13.9. The Labute approximate surface area is 118 Å². The monoisotopic (exact) mass is 317 g/mol. The van der Waals surface area contributed by atoms with Gasteiger partial charge in [0, 0.05) is 0 Å². The highest BCUT2D eigenvalue weighted by atomic mass is 35.5. The molecule has 1 aromatic heterocycles. The minimum absolute atomic E-state index is 0.0288. The van der Waals surface area contributed by atoms with Crippen LogP contribution in [0.15, 0.2) is 39.9 Å². The third-order valence-electron chi connectivity index (χ3n) is 2.23. The molecule has 2 aromatic rings. The Hall–Kier alpha value is -1.57. The van der Waals surface area contributed by atoms with Gasteiger partial charge in [0.15, 0.2) is 0 Å². The number of carbonyl (C=O) groups is 1. The summed E-state index contributed by atoms with van der Waals surface area (Å²) in [4.78, 5) is 11.1. The van der Waals surface area contributed by atoms with Gasteiger partial charge in [0.25, 0.3) is 10.0 Å². The van der Waals surface area contributed by atoms with Gasteiger partial charge in [-0.05, 0) is 23.6 Å². The standard InChI is InChI=1S/C11H8ClNO4S2/c12-7-3-1-4-8(10(7)11(14)15)13-19(16,17)9-5-2-6-18-9/h1-6,13H,(H,14,15). The van der Waals surface area contributed by atoms with Gasteiger partial charge in [0.1, 0.15) is 9.77 Å². The molecule has 0 saturated heterocycles. The fraction of sp³-hybridized carbons (Fsp3) is 0. The van der Waals surface area contributed by atoms with Crippen LogP contribution in [0, 0.1) is 0 Å². The summed E-state index contributed by atoms with van der Waals surface area (Å²) in [6, 6.07) is 7.22. The number of halogens is 1. The number of carboxylic acids is 1. The van der Waals surface area contributed by atoms with Crippen LogP contribution in [-0.4, -0.2) is 19.5 Å². The van der Waals surface area contributed by atoms with E-state index >= 15 is 0 Å². The molecule has 100 valence electrons. The molecule has 0 bridgehead atoms. The molecular weight excluding hydrogens is 310 g/mol. The number of thiophene rings is 1. The quantitative estimate of drug-likeness (QED) is 0.908. The lowest BCUT2D eigenvalue weighted by Gasteiger charge is -2.10. The number of benzene rings is 1. The molecule has 0 aliphatic heterocycles. The maximum atomic E-state index is 12.0. The van der Waals surface area contributed by atoms with Crippen molar-refractivity contribution < 1.29 is 18.3 Å². The largest absolute Gasteiger partial charge is 0.478 e. The fourth-order valence-corrected chi connectivity index (χ4v) is 3.76. The topological polar surface area (TPSA) is 83.5 Å². The highest BCUT2D eigenvalue weighted by molar-refractivity contribution is 7.94. The molecule has 2 rings (SSSR count). The van der Waals surface area contributed by atoms with E-state index < -0.39 is 16.0 Å². The number of aromatic carboxylic acids is 1. The van der Waals surface area contributed by atoms with Gasteiger partial charge in [-0.1, -0.05) is 23.7 Å². The third-order valence-corrected chi connectivity index (χ3v) is 5.31. The van der Waals surface area contributed by atoms with E-state index in [0.29, 0.717) is 0 Å². The van der Waals surface area contributed by atoms with Crippen LogP contribution in [0.5, 0.6) is 0 Å². The second-order valence-electron chi connectivity index (χ2n) is 3.51. The minimum atomic E-state index is -3.80. The van der Waals surface area contributed by atoms with Crippen LogP contribution in [0.1, 0.15) is 10.4 Å². The second-order valence-corrected chi connectivity index (χ2v) is 6.77. The van der Waals surface area contributed by atoms with Crippen molar-refractivity contribution in [3.63, 3.8) is 0 Å². The van der Waals surface area contributed by atoms with Crippen molar-refractivity contribution in [2.24, 2.45) is 0 Å². The molecule has 0 amide bonds. The van der Waals surface area contributed by atoms with Gasteiger partial charge in [-0.3, -0.25) is 4.72 Å². The summed E-state index contributed by atoms with van der Waals surface area (Å²) in [5, 5.41) is 10.6. The second kappa shape index (κ2) is 5.20. The maximum absolute atomic E-state index is 12.0. The molecular formula is C11H8ClNO4S2. The fourth-order valence-electron chi connectivity index (χ4n) is 1.44. The molecule has 0 aliphatic carbocycles. The van der Waals surface area contributed by atoms with Crippen molar-refractivity contribution in [3.8, 4) is 0 Å². The van der Waals surface area contributed by atoms with Crippen LogP contribution in [0.3, 0.4) is 0 Å². The molecule has 0 unspecified atom stereocenters. The highest BCUT2D eigenvalue weighted by Crippen LogP contribution is 2.27. The van der Waals surface area contributed by atoms with E-state index in [1.807, 2.05) is 0 Å². The van der Waals surface area contributed by atoms with E-state index in [9.17, 15) is 13.2 Å². The predicted molar refractivity (Wildman–Crippen MR) is 73.5 cm³/mol. The van der Waals surface area contributed by atoms with E-state index in [-0.39, 0.29) is 20.5 Å². The Bertz CT molecular complexity index is 710. The van der Waals surface area contributed by atoms with Crippen LogP contribution in [0.25, 0.3) is 0 Å². The lowest BCUT2D eigenvalue weighted by molar-refractivity contribution is 0.0698. The van der Waals surface area contributed by atoms with Crippen molar-refractivity contribution in [3.05, 3.63) is 46.3 Å². The Morgan fingerprint density at radius 3 is 2.58 bits per heavy atom. The highest BCUT2D eigenvalue weighted by Gasteiger charge is 2.21. The number of sulfonamides is 1. The van der Waals surface area contributed by atoms with Crippen LogP contribution < -0.4 is 4.72 Å². The van der Waals surface area contributed by atoms with Gasteiger partial charge in [-0.2, -0.15) is 0 Å². The lowest BCUT2D eigenvalue weighted by atomic mass is 10.2. The van der Waals surface area contributed by atoms with Crippen LogP contribution in [0.2, 0.25) is 5.02 Å². The van der Waals surface area contributed by atoms with Gasteiger partial charge in [0.05, 0.1) is 10.7 Å². The summed E-state index contributed by atoms with van der Waals surface area (Å²) in [5.41, 5.74) is -0.335. The van der Waals surface area contributed by atoms with Crippen molar-refractivity contribution in [2.75, 3.05) is 4.72 Å². The molecule has 2 N–H and O–H groups in total. The summed E-state index contributed by atoms with van der Waals surface area (Å²) in [7, 11) is -3.80. The summed E-state index contributed by atoms with van der Waals surface area (Å²) in [6.07, 6.45) is 0. The molecule has 19 heavy (non-hydrogen) atoms. The molecule has 1 aromatic carbocycles. The average molecular weight is 318 g/mol. The SMILES string of the molecule is O=C(O)c1c(Cl)cccc1NS(=O)(=O)c1cccs1. The average Bonchev–Trinajstić information content (AvgIpc) is 2.81. The zero-order chi connectivity index (χ0) is 14.0. The van der Waals surface area contributed by atoms with Crippen molar-refractivity contribution >= 4 is 44.6 Å². The van der Waals surface area contributed by atoms with Gasteiger partial charge in [-0.25, -0.2) is 13.2 Å². The Morgan fingerprint density at radius 2 is 2.00 bits per heavy atom. The lowest BCUT2D eigenvalue weighted by Crippen LogP contribution is -2.14. The summed E-state index contributed by atoms with van der Waals surface area (Å²) >= 11 is 6.80. The van der Waals surface area contributed by atoms with Crippen molar-refractivity contribution in [1.82, 2.24) is 0 Å². The van der Waals surface area contributed by atoms with Crippen LogP contribution in [0.4, 0.5) is 5.69 Å². The maximum Gasteiger partial charge on any atom is 0.339 e. The summed E-state index contributed by atoms with van der Waals surface area (Å²) in [6.45, 7) is 0. The number of nitrogens with one attached hydrogen (secondary N) is 1. The zero-order valence-corrected chi connectivity index (χ0v) is 11.7. The molecule has 0 radical (unpaired) electrons. The van der Waals surface area contributed by atoms with Crippen molar-refractivity contribution in [1.29, 1.82) is 0 Å². The molecule has 0 fully saturated rings. The smallest absolute Gasteiger partial charge is 0.339 e. The number of anilines is 1. The first-order chi connectivity index (χ1) is 8.92. The van der Waals surface area contributed by atoms with Gasteiger partial charge in [0.2, 0.25) is 0 Å². The molecule has 0 spiro atoms. The zero-order valence-electron chi connectivity index (χ0n) is 9.33. The minimum Gasteiger partial charge on any atom is -0.478 e. The summed E-state index contributed by atoms with van der Waals surface area (Å²) < 4.78 is 26.4. The molecule has 8 heteroatoms. The van der Waals surface area contributed by atoms with E-state index in [4.69, 9.17) is 16.7 Å². The van der Waals surface area contributed by atoms with Gasteiger partial charge < -0.3 is 5.11 Å². The predicted octanol–water partition coefficient (Wildman–Crippen LogP) is 2.90. The van der Waals surface area contributed by atoms with Crippen LogP contribution in [-0.2, 0) is 10.0 Å². The Morgan fingerprint density at radius 1 is 1.26 bits per heavy atom. The Kier molecular flexibility index (Phi) is 3.79. The molecule has 5 nitrogen and oxygen atoms in total. The number of carboxylic acid groups (broad SMARTS) is 1. The molecule has 1 heterocycles. The van der Waals surface area contributed by atoms with E-state index in [1.54, 1.807) is 11.4 Å². The third kappa shape index (κ3) is 2.89. The molecule has 0 atom stereocenters. The molecule has 0 aliphatic rings. The first-order valence-electron chi connectivity index (χ1n) is 5.00. The van der Waals surface area contributed by atoms with E-state index in [2.05, 4.69) is 4.72 Å². The van der Waals surface area contributed by atoms with E-state index in [0.717, 1.165) is 11.3 Å². The number of hydrogen-bond acceptors (Lipinski definition) is 4. The normalized spacial score (nSPS) is 11.2. The van der Waals surface area contributed by atoms with Crippen molar-refractivity contribution in [2.45, 2.75) is 4.21 Å². The van der Waals surface area contributed by atoms with Crippen LogP contribution >= 0.6 is 22.9 Å². The Balaban J connectivity index is 2.45. The first-order valence-corrected chi connectivity index (χ1v) is 7.74. The number of rotatable bonds is 4. The van der Waals surface area contributed by atoms with E-state index in [1.165, 1.54) is 24.3 Å². The summed E-state index contributed by atoms with van der Waals surface area (Å²) in [5.74, 6) is -1.30.